The molecule has 3 aromatic heterocycles. The van der Waals surface area contributed by atoms with Gasteiger partial charge in [0.1, 0.15) is 11.5 Å². The van der Waals surface area contributed by atoms with Gasteiger partial charge in [-0.1, -0.05) is 12.1 Å². The van der Waals surface area contributed by atoms with E-state index in [-0.39, 0.29) is 12.2 Å². The van der Waals surface area contributed by atoms with Crippen LogP contribution >= 0.6 is 0 Å². The van der Waals surface area contributed by atoms with Crippen LogP contribution in [0.25, 0.3) is 17.1 Å². The lowest BCUT2D eigenvalue weighted by Gasteiger charge is -2.03. The van der Waals surface area contributed by atoms with Crippen LogP contribution in [0.5, 0.6) is 0 Å². The molecule has 0 aliphatic heterocycles. The van der Waals surface area contributed by atoms with Crippen molar-refractivity contribution in [2.45, 2.75) is 19.0 Å². The van der Waals surface area contributed by atoms with Crippen molar-refractivity contribution in [2.24, 2.45) is 0 Å². The lowest BCUT2D eigenvalue weighted by Crippen LogP contribution is -2.18. The molecule has 0 aliphatic rings. The number of nitrogens with zero attached hydrogens (tertiary/aromatic N) is 3. The molecule has 0 bridgehead atoms. The van der Waals surface area contributed by atoms with Gasteiger partial charge in [-0.2, -0.15) is 23.0 Å². The van der Waals surface area contributed by atoms with E-state index in [1.807, 2.05) is 5.10 Å². The van der Waals surface area contributed by atoms with E-state index < -0.39 is 23.2 Å². The zero-order valence-corrected chi connectivity index (χ0v) is 15.4. The number of H-pyrrole nitrogens is 2. The summed E-state index contributed by atoms with van der Waals surface area (Å²) in [4.78, 5) is 17.0. The highest BCUT2D eigenvalue weighted by Crippen LogP contribution is 2.29. The third kappa shape index (κ3) is 3.88. The topological polar surface area (TPSA) is 79.4 Å². The Morgan fingerprint density at radius 3 is 2.47 bits per heavy atom. The van der Waals surface area contributed by atoms with E-state index in [1.54, 1.807) is 30.6 Å². The zero-order chi connectivity index (χ0) is 21.3. The molecule has 0 unspecified atom stereocenters. The summed E-state index contributed by atoms with van der Waals surface area (Å²) in [7, 11) is 0. The van der Waals surface area contributed by atoms with Crippen LogP contribution in [0, 0.1) is 5.82 Å². The monoisotopic (exact) mass is 417 g/mol. The molecule has 2 N–H and O–H groups in total. The minimum absolute atomic E-state index is 0.236. The van der Waals surface area contributed by atoms with Gasteiger partial charge in [-0.15, -0.1) is 0 Å². The van der Waals surface area contributed by atoms with E-state index in [1.165, 1.54) is 18.2 Å². The van der Waals surface area contributed by atoms with Crippen molar-refractivity contribution >= 4 is 0 Å². The van der Waals surface area contributed by atoms with Crippen molar-refractivity contribution in [1.29, 1.82) is 0 Å². The first-order valence-electron chi connectivity index (χ1n) is 8.94. The SMILES string of the molecule is O=c1c(CCc2ccncc2)c(-c2cccc(F)c2)[nH]n1-c1cc(C(F)(F)F)[nH]n1. The lowest BCUT2D eigenvalue weighted by atomic mass is 10.0. The predicted molar refractivity (Wildman–Crippen MR) is 101 cm³/mol. The molecule has 3 heterocycles. The first-order valence-corrected chi connectivity index (χ1v) is 8.94. The Hall–Kier alpha value is -3.69. The maximum absolute atomic E-state index is 13.8. The van der Waals surface area contributed by atoms with Gasteiger partial charge in [0.05, 0.1) is 5.69 Å². The lowest BCUT2D eigenvalue weighted by molar-refractivity contribution is -0.141. The summed E-state index contributed by atoms with van der Waals surface area (Å²) in [6.45, 7) is 0. The van der Waals surface area contributed by atoms with Gasteiger partial charge < -0.3 is 0 Å². The third-order valence-corrected chi connectivity index (χ3v) is 4.61. The zero-order valence-electron chi connectivity index (χ0n) is 15.4. The Balaban J connectivity index is 1.78. The molecule has 6 nitrogen and oxygen atoms in total. The van der Waals surface area contributed by atoms with Crippen LogP contribution in [0.2, 0.25) is 0 Å². The van der Waals surface area contributed by atoms with Crippen LogP contribution in [0.1, 0.15) is 16.8 Å². The van der Waals surface area contributed by atoms with Crippen LogP contribution in [-0.2, 0) is 19.0 Å². The van der Waals surface area contributed by atoms with E-state index >= 15 is 0 Å². The normalized spacial score (nSPS) is 11.7. The van der Waals surface area contributed by atoms with Gasteiger partial charge in [0, 0.05) is 29.6 Å². The van der Waals surface area contributed by atoms with Crippen molar-refractivity contribution < 1.29 is 17.6 Å². The standard InChI is InChI=1S/C20H15F4N5O/c21-14-3-1-2-13(10-14)18-15(5-4-12-6-8-25-9-7-12)19(30)29(28-18)17-11-16(26-27-17)20(22,23)24/h1-3,6-11,28H,4-5H2,(H,26,27). The second-order valence-electron chi connectivity index (χ2n) is 6.61. The molecule has 154 valence electrons. The van der Waals surface area contributed by atoms with Crippen LogP contribution in [-0.4, -0.2) is 25.0 Å². The molecule has 1 aromatic carbocycles. The molecule has 0 saturated carbocycles. The maximum atomic E-state index is 13.8. The van der Waals surface area contributed by atoms with Gasteiger partial charge in [0.15, 0.2) is 5.82 Å². The highest BCUT2D eigenvalue weighted by molar-refractivity contribution is 5.63. The number of rotatable bonds is 5. The summed E-state index contributed by atoms with van der Waals surface area (Å²) >= 11 is 0. The number of alkyl halides is 3. The molecule has 0 radical (unpaired) electrons. The summed E-state index contributed by atoms with van der Waals surface area (Å²) in [6.07, 6.45) is -0.598. The number of aromatic amines is 2. The van der Waals surface area contributed by atoms with E-state index in [0.717, 1.165) is 16.3 Å². The van der Waals surface area contributed by atoms with E-state index in [9.17, 15) is 22.4 Å². The summed E-state index contributed by atoms with van der Waals surface area (Å²) in [5.74, 6) is -0.736. The van der Waals surface area contributed by atoms with Crippen LogP contribution in [0.3, 0.4) is 0 Å². The number of nitrogens with one attached hydrogen (secondary N) is 2. The molecular formula is C20H15F4N5O. The number of aryl methyl sites for hydroxylation is 1. The summed E-state index contributed by atoms with van der Waals surface area (Å²) in [5, 5.41) is 8.27. The molecule has 0 spiro atoms. The molecular weight excluding hydrogens is 402 g/mol. The van der Waals surface area contributed by atoms with Crippen LogP contribution in [0.15, 0.2) is 59.7 Å². The second-order valence-corrected chi connectivity index (χ2v) is 6.61. The van der Waals surface area contributed by atoms with Crippen molar-refractivity contribution in [2.75, 3.05) is 0 Å². The minimum atomic E-state index is -4.63. The van der Waals surface area contributed by atoms with E-state index in [0.29, 0.717) is 23.2 Å². The van der Waals surface area contributed by atoms with Crippen molar-refractivity contribution in [1.82, 2.24) is 25.0 Å². The average Bonchev–Trinajstić information content (AvgIpc) is 3.32. The fourth-order valence-electron chi connectivity index (χ4n) is 3.14. The Kier molecular flexibility index (Phi) is 4.98. The van der Waals surface area contributed by atoms with Crippen molar-refractivity contribution in [3.05, 3.63) is 87.9 Å². The number of halogens is 4. The molecule has 0 aliphatic carbocycles. The Morgan fingerprint density at radius 1 is 1.03 bits per heavy atom. The first kappa shape index (κ1) is 19.6. The number of hydrogen-bond donors (Lipinski definition) is 2. The molecule has 0 amide bonds. The maximum Gasteiger partial charge on any atom is 0.432 e. The van der Waals surface area contributed by atoms with E-state index in [2.05, 4.69) is 15.2 Å². The summed E-state index contributed by atoms with van der Waals surface area (Å²) in [6, 6.07) is 9.95. The Bertz CT molecular complexity index is 1220. The van der Waals surface area contributed by atoms with Gasteiger partial charge in [-0.05, 0) is 42.7 Å². The van der Waals surface area contributed by atoms with Gasteiger partial charge in [0.2, 0.25) is 0 Å². The quantitative estimate of drug-likeness (QED) is 0.484. The van der Waals surface area contributed by atoms with Crippen LogP contribution < -0.4 is 5.56 Å². The van der Waals surface area contributed by atoms with Crippen molar-refractivity contribution in [3.63, 3.8) is 0 Å². The molecule has 4 rings (SSSR count). The largest absolute Gasteiger partial charge is 0.432 e. The van der Waals surface area contributed by atoms with E-state index in [4.69, 9.17) is 0 Å². The third-order valence-electron chi connectivity index (χ3n) is 4.61. The van der Waals surface area contributed by atoms with Crippen LogP contribution in [0.4, 0.5) is 17.6 Å². The Labute approximate surface area is 167 Å². The highest BCUT2D eigenvalue weighted by Gasteiger charge is 2.33. The number of benzene rings is 1. The number of aromatic nitrogens is 5. The fraction of sp³-hybridized carbons (Fsp3) is 0.150. The van der Waals surface area contributed by atoms with Gasteiger partial charge in [-0.25, -0.2) is 4.39 Å². The minimum Gasteiger partial charge on any atom is -0.289 e. The fourth-order valence-corrected chi connectivity index (χ4v) is 3.14. The second kappa shape index (κ2) is 7.62. The smallest absolute Gasteiger partial charge is 0.289 e. The highest BCUT2D eigenvalue weighted by atomic mass is 19.4. The Morgan fingerprint density at radius 2 is 1.80 bits per heavy atom. The number of pyridine rings is 1. The summed E-state index contributed by atoms with van der Waals surface area (Å²) in [5.41, 5.74) is 0.343. The van der Waals surface area contributed by atoms with Gasteiger partial charge >= 0.3 is 6.18 Å². The van der Waals surface area contributed by atoms with Crippen molar-refractivity contribution in [3.8, 4) is 17.1 Å². The summed E-state index contributed by atoms with van der Waals surface area (Å²) < 4.78 is 53.4. The molecule has 0 fully saturated rings. The molecule has 4 aromatic rings. The molecule has 30 heavy (non-hydrogen) atoms. The molecule has 10 heteroatoms. The first-order chi connectivity index (χ1) is 14.3. The number of hydrogen-bond acceptors (Lipinski definition) is 3. The van der Waals surface area contributed by atoms with Gasteiger partial charge in [-0.3, -0.25) is 20.0 Å². The van der Waals surface area contributed by atoms with Gasteiger partial charge in [0.25, 0.3) is 5.56 Å². The molecule has 0 atom stereocenters. The molecule has 0 saturated heterocycles. The predicted octanol–water partition coefficient (Wildman–Crippen LogP) is 3.89. The average molecular weight is 417 g/mol.